The molecule has 1 amide bonds. The summed E-state index contributed by atoms with van der Waals surface area (Å²) < 4.78 is 40.8. The molecule has 0 aromatic carbocycles. The molecule has 0 heterocycles. The van der Waals surface area contributed by atoms with Gasteiger partial charge in [0.1, 0.15) is 6.04 Å². The van der Waals surface area contributed by atoms with Gasteiger partial charge in [0, 0.05) is 0 Å². The zero-order valence-electron chi connectivity index (χ0n) is 12.4. The lowest BCUT2D eigenvalue weighted by molar-refractivity contribution is -0.283. The number of amides is 1. The monoisotopic (exact) mass is 319 g/mol. The van der Waals surface area contributed by atoms with Crippen LogP contribution in [0.3, 0.4) is 0 Å². The first kappa shape index (κ1) is 15.6. The van der Waals surface area contributed by atoms with Crippen LogP contribution in [0.5, 0.6) is 0 Å². The summed E-state index contributed by atoms with van der Waals surface area (Å²) in [4.78, 5) is 23.4. The van der Waals surface area contributed by atoms with Gasteiger partial charge in [0.05, 0.1) is 10.8 Å². The summed E-state index contributed by atoms with van der Waals surface area (Å²) in [6.07, 6.45) is -2.56. The topological polar surface area (TPSA) is 66.4 Å². The first-order valence-corrected chi connectivity index (χ1v) is 7.67. The van der Waals surface area contributed by atoms with Crippen LogP contribution in [-0.4, -0.2) is 29.2 Å². The van der Waals surface area contributed by atoms with E-state index < -0.39 is 34.9 Å². The van der Waals surface area contributed by atoms with Crippen LogP contribution >= 0.6 is 0 Å². The Balaban J connectivity index is 1.88. The Morgan fingerprint density at radius 3 is 2.18 bits per heavy atom. The number of carbonyl (C=O) groups is 2. The number of carbonyl (C=O) groups excluding carboxylic acids is 1. The molecule has 4 fully saturated rings. The first-order chi connectivity index (χ1) is 10.1. The Kier molecular flexibility index (Phi) is 3.28. The number of hydrogen-bond acceptors (Lipinski definition) is 2. The van der Waals surface area contributed by atoms with Crippen LogP contribution in [0.4, 0.5) is 13.2 Å². The molecule has 4 aliphatic carbocycles. The molecule has 4 aliphatic rings. The third kappa shape index (κ3) is 2.20. The second-order valence-electron chi connectivity index (χ2n) is 7.55. The lowest BCUT2D eigenvalue weighted by Crippen LogP contribution is -2.62. The molecule has 0 aromatic heterocycles. The minimum Gasteiger partial charge on any atom is -0.480 e. The van der Waals surface area contributed by atoms with Crippen LogP contribution in [0.15, 0.2) is 0 Å². The predicted molar refractivity (Wildman–Crippen MR) is 70.8 cm³/mol. The summed E-state index contributed by atoms with van der Waals surface area (Å²) in [6, 6.07) is -1.08. The van der Waals surface area contributed by atoms with E-state index in [0.29, 0.717) is 12.8 Å². The van der Waals surface area contributed by atoms with E-state index in [-0.39, 0.29) is 31.1 Å². The van der Waals surface area contributed by atoms with Crippen molar-refractivity contribution in [3.8, 4) is 0 Å². The van der Waals surface area contributed by atoms with E-state index in [4.69, 9.17) is 5.11 Å². The molecule has 0 aromatic rings. The smallest absolute Gasteiger partial charge is 0.394 e. The van der Waals surface area contributed by atoms with Gasteiger partial charge in [-0.3, -0.25) is 9.59 Å². The van der Waals surface area contributed by atoms with Gasteiger partial charge in [-0.25, -0.2) is 0 Å². The number of halogens is 3. The van der Waals surface area contributed by atoms with Crippen molar-refractivity contribution in [3.63, 3.8) is 0 Å². The fourth-order valence-electron chi connectivity index (χ4n) is 5.27. The molecule has 22 heavy (non-hydrogen) atoms. The van der Waals surface area contributed by atoms with E-state index in [9.17, 15) is 22.8 Å². The minimum absolute atomic E-state index is 0.0752. The van der Waals surface area contributed by atoms with Gasteiger partial charge in [0.2, 0.25) is 5.91 Å². The molecule has 4 rings (SSSR count). The largest absolute Gasteiger partial charge is 0.480 e. The molecule has 0 radical (unpaired) electrons. The fraction of sp³-hybridized carbons (Fsp3) is 0.867. The van der Waals surface area contributed by atoms with Crippen molar-refractivity contribution >= 4 is 11.9 Å². The Morgan fingerprint density at radius 2 is 1.73 bits per heavy atom. The van der Waals surface area contributed by atoms with Gasteiger partial charge in [-0.1, -0.05) is 0 Å². The van der Waals surface area contributed by atoms with Gasteiger partial charge in [0.25, 0.3) is 0 Å². The third-order valence-electron chi connectivity index (χ3n) is 5.86. The molecule has 2 unspecified atom stereocenters. The molecule has 4 saturated carbocycles. The molecule has 7 heteroatoms. The molecule has 0 spiro atoms. The molecule has 0 aliphatic heterocycles. The quantitative estimate of drug-likeness (QED) is 0.840. The molecular formula is C15H20F3NO3. The zero-order chi connectivity index (χ0) is 16.3. The van der Waals surface area contributed by atoms with Crippen molar-refractivity contribution in [1.29, 1.82) is 0 Å². The standard InChI is InChI=1S/C15H20F3NO3/c1-8(11(20)21)19-12(22)13-3-9-2-10(4-13)6-14(5-9,7-13)15(16,17)18/h8-10H,2-7H2,1H3,(H,19,22)(H,20,21)/t8-,9?,10?,13?,14?/m0/s1. The first-order valence-electron chi connectivity index (χ1n) is 7.67. The molecule has 4 bridgehead atoms. The maximum Gasteiger partial charge on any atom is 0.394 e. The van der Waals surface area contributed by atoms with Crippen molar-refractivity contribution < 1.29 is 27.9 Å². The van der Waals surface area contributed by atoms with E-state index in [1.807, 2.05) is 0 Å². The molecule has 4 nitrogen and oxygen atoms in total. The van der Waals surface area contributed by atoms with Gasteiger partial charge >= 0.3 is 12.1 Å². The fourth-order valence-corrected chi connectivity index (χ4v) is 5.27. The van der Waals surface area contributed by atoms with Gasteiger partial charge in [-0.15, -0.1) is 0 Å². The Hall–Kier alpha value is -1.27. The molecule has 124 valence electrons. The van der Waals surface area contributed by atoms with E-state index in [1.165, 1.54) is 6.92 Å². The molecule has 2 N–H and O–H groups in total. The highest BCUT2D eigenvalue weighted by Gasteiger charge is 2.68. The number of alkyl halides is 3. The van der Waals surface area contributed by atoms with Crippen LogP contribution < -0.4 is 5.32 Å². The van der Waals surface area contributed by atoms with Gasteiger partial charge in [0.15, 0.2) is 0 Å². The van der Waals surface area contributed by atoms with Gasteiger partial charge < -0.3 is 10.4 Å². The van der Waals surface area contributed by atoms with Crippen molar-refractivity contribution in [2.45, 2.75) is 57.7 Å². The maximum absolute atomic E-state index is 13.6. The Bertz CT molecular complexity index is 503. The van der Waals surface area contributed by atoms with Crippen molar-refractivity contribution in [2.24, 2.45) is 22.7 Å². The Morgan fingerprint density at radius 1 is 1.18 bits per heavy atom. The van der Waals surface area contributed by atoms with Gasteiger partial charge in [-0.2, -0.15) is 13.2 Å². The van der Waals surface area contributed by atoms with Crippen molar-refractivity contribution in [2.75, 3.05) is 0 Å². The van der Waals surface area contributed by atoms with Crippen LogP contribution in [0.2, 0.25) is 0 Å². The minimum atomic E-state index is -4.30. The normalized spacial score (nSPS) is 41.3. The lowest BCUT2D eigenvalue weighted by Gasteiger charge is -2.61. The summed E-state index contributed by atoms with van der Waals surface area (Å²) in [5, 5.41) is 11.3. The van der Waals surface area contributed by atoms with Crippen LogP contribution in [0.25, 0.3) is 0 Å². The number of nitrogens with one attached hydrogen (secondary N) is 1. The number of carboxylic acids is 1. The van der Waals surface area contributed by atoms with Crippen molar-refractivity contribution in [3.05, 3.63) is 0 Å². The van der Waals surface area contributed by atoms with E-state index in [1.54, 1.807) is 0 Å². The lowest BCUT2D eigenvalue weighted by atomic mass is 9.43. The zero-order valence-corrected chi connectivity index (χ0v) is 12.4. The van der Waals surface area contributed by atoms with Crippen LogP contribution in [0.1, 0.15) is 45.4 Å². The van der Waals surface area contributed by atoms with Gasteiger partial charge in [-0.05, 0) is 57.3 Å². The summed E-state index contributed by atoms with van der Waals surface area (Å²) in [5.41, 5.74) is -2.79. The predicted octanol–water partition coefficient (Wildman–Crippen LogP) is 2.72. The van der Waals surface area contributed by atoms with Crippen LogP contribution in [0, 0.1) is 22.7 Å². The van der Waals surface area contributed by atoms with Crippen molar-refractivity contribution in [1.82, 2.24) is 5.32 Å². The Labute approximate surface area is 126 Å². The number of aliphatic carboxylic acids is 1. The molecule has 0 saturated heterocycles. The molecule has 3 atom stereocenters. The summed E-state index contributed by atoms with van der Waals surface area (Å²) in [6.45, 7) is 1.33. The van der Waals surface area contributed by atoms with E-state index in [2.05, 4.69) is 5.32 Å². The number of hydrogen-bond donors (Lipinski definition) is 2. The summed E-state index contributed by atoms with van der Waals surface area (Å²) in [5.74, 6) is -1.84. The second kappa shape index (κ2) is 4.61. The summed E-state index contributed by atoms with van der Waals surface area (Å²) in [7, 11) is 0. The SMILES string of the molecule is C[C@H](NC(=O)C12CC3CC(C1)CC(C(F)(F)F)(C3)C2)C(=O)O. The highest BCUT2D eigenvalue weighted by molar-refractivity contribution is 5.87. The highest BCUT2D eigenvalue weighted by atomic mass is 19.4. The average Bonchev–Trinajstić information content (AvgIpc) is 2.35. The van der Waals surface area contributed by atoms with E-state index in [0.717, 1.165) is 6.42 Å². The number of carboxylic acid groups (broad SMARTS) is 1. The molecular weight excluding hydrogens is 299 g/mol. The second-order valence-corrected chi connectivity index (χ2v) is 7.55. The maximum atomic E-state index is 13.6. The van der Waals surface area contributed by atoms with E-state index >= 15 is 0 Å². The highest BCUT2D eigenvalue weighted by Crippen LogP contribution is 2.69. The summed E-state index contributed by atoms with van der Waals surface area (Å²) >= 11 is 0. The average molecular weight is 319 g/mol. The van der Waals surface area contributed by atoms with Crippen LogP contribution in [-0.2, 0) is 9.59 Å². The number of rotatable bonds is 3. The third-order valence-corrected chi connectivity index (χ3v) is 5.86.